The maximum absolute atomic E-state index is 13.2. The van der Waals surface area contributed by atoms with Crippen LogP contribution in [-0.2, 0) is 6.42 Å². The van der Waals surface area contributed by atoms with Gasteiger partial charge in [0, 0.05) is 33.4 Å². The topological polar surface area (TPSA) is 59.4 Å². The van der Waals surface area contributed by atoms with Crippen LogP contribution >= 0.6 is 15.9 Å². The molecule has 0 bridgehead atoms. The summed E-state index contributed by atoms with van der Waals surface area (Å²) >= 11 is 3.44. The minimum absolute atomic E-state index is 0.0618. The first-order valence-corrected chi connectivity index (χ1v) is 9.77. The monoisotopic (exact) mass is 437 g/mol. The highest BCUT2D eigenvalue weighted by Gasteiger charge is 2.18. The molecule has 4 aromatic rings. The third-order valence-electron chi connectivity index (χ3n) is 4.93. The average Bonchev–Trinajstić information content (AvgIpc) is 3.02. The molecule has 2 heterocycles. The Balaban J connectivity index is 1.84. The van der Waals surface area contributed by atoms with Crippen molar-refractivity contribution in [1.82, 2.24) is 14.6 Å². The van der Waals surface area contributed by atoms with Crippen molar-refractivity contribution in [3.63, 3.8) is 0 Å². The smallest absolute Gasteiger partial charge is 0.276 e. The van der Waals surface area contributed by atoms with Crippen LogP contribution in [0.3, 0.4) is 0 Å². The summed E-state index contributed by atoms with van der Waals surface area (Å²) in [5, 5.41) is 3.19. The maximum Gasteiger partial charge on any atom is 0.276 e. The van der Waals surface area contributed by atoms with Crippen molar-refractivity contribution < 1.29 is 4.74 Å². The zero-order valence-electron chi connectivity index (χ0n) is 15.9. The number of ether oxygens (including phenoxy) is 1. The van der Waals surface area contributed by atoms with Crippen LogP contribution in [0.4, 0.5) is 0 Å². The van der Waals surface area contributed by atoms with Gasteiger partial charge >= 0.3 is 0 Å². The van der Waals surface area contributed by atoms with Crippen LogP contribution in [0.1, 0.15) is 22.5 Å². The Labute approximate surface area is 171 Å². The number of fused-ring (bicyclic) bond motifs is 1. The van der Waals surface area contributed by atoms with Crippen LogP contribution in [0.2, 0.25) is 0 Å². The Morgan fingerprint density at radius 2 is 1.75 bits per heavy atom. The van der Waals surface area contributed by atoms with Gasteiger partial charge in [0.05, 0.1) is 7.11 Å². The Morgan fingerprint density at radius 3 is 2.39 bits per heavy atom. The summed E-state index contributed by atoms with van der Waals surface area (Å²) in [5.41, 5.74) is 5.92. The molecule has 0 unspecified atom stereocenters. The lowest BCUT2D eigenvalue weighted by Gasteiger charge is -2.07. The molecule has 0 aliphatic carbocycles. The average molecular weight is 438 g/mol. The van der Waals surface area contributed by atoms with Gasteiger partial charge in [-0.3, -0.25) is 9.89 Å². The molecule has 0 atom stereocenters. The van der Waals surface area contributed by atoms with Crippen molar-refractivity contribution >= 4 is 21.6 Å². The van der Waals surface area contributed by atoms with Crippen LogP contribution in [0.15, 0.2) is 57.8 Å². The number of nitrogens with zero attached hydrogens (tertiary/aromatic N) is 2. The molecule has 0 aliphatic heterocycles. The van der Waals surface area contributed by atoms with E-state index < -0.39 is 0 Å². The van der Waals surface area contributed by atoms with Crippen molar-refractivity contribution in [2.24, 2.45) is 0 Å². The number of hydrogen-bond donors (Lipinski definition) is 1. The van der Waals surface area contributed by atoms with E-state index in [2.05, 4.69) is 21.0 Å². The van der Waals surface area contributed by atoms with Crippen LogP contribution in [0.5, 0.6) is 5.75 Å². The van der Waals surface area contributed by atoms with E-state index in [0.29, 0.717) is 17.6 Å². The van der Waals surface area contributed by atoms with E-state index in [4.69, 9.17) is 9.72 Å². The predicted octanol–water partition coefficient (Wildman–Crippen LogP) is 4.67. The van der Waals surface area contributed by atoms with Crippen LogP contribution in [0.25, 0.3) is 16.8 Å². The fourth-order valence-corrected chi connectivity index (χ4v) is 3.70. The summed E-state index contributed by atoms with van der Waals surface area (Å²) in [6, 6.07) is 15.8. The molecule has 2 aromatic carbocycles. The summed E-state index contributed by atoms with van der Waals surface area (Å²) in [6.07, 6.45) is 0.545. The number of rotatable bonds is 4. The molecular formula is C22H20BrN3O2. The van der Waals surface area contributed by atoms with Crippen molar-refractivity contribution in [2.75, 3.05) is 7.11 Å². The van der Waals surface area contributed by atoms with Crippen molar-refractivity contribution in [1.29, 1.82) is 0 Å². The molecule has 0 aliphatic rings. The van der Waals surface area contributed by atoms with Gasteiger partial charge in [0.2, 0.25) is 0 Å². The molecular weight excluding hydrogens is 418 g/mol. The van der Waals surface area contributed by atoms with E-state index in [1.165, 1.54) is 0 Å². The highest BCUT2D eigenvalue weighted by molar-refractivity contribution is 9.10. The molecule has 6 heteroatoms. The molecule has 28 heavy (non-hydrogen) atoms. The summed E-state index contributed by atoms with van der Waals surface area (Å²) < 4.78 is 7.81. The normalized spacial score (nSPS) is 11.1. The molecule has 0 saturated heterocycles. The fourth-order valence-electron chi connectivity index (χ4n) is 3.44. The summed E-state index contributed by atoms with van der Waals surface area (Å²) in [6.45, 7) is 3.85. The van der Waals surface area contributed by atoms with Crippen molar-refractivity contribution in [3.05, 3.63) is 85.9 Å². The van der Waals surface area contributed by atoms with Gasteiger partial charge in [-0.05, 0) is 49.2 Å². The van der Waals surface area contributed by atoms with Gasteiger partial charge in [0.25, 0.3) is 5.56 Å². The maximum atomic E-state index is 13.2. The Bertz CT molecular complexity index is 1210. The van der Waals surface area contributed by atoms with Crippen LogP contribution < -0.4 is 10.3 Å². The SMILES string of the molecule is COc1ccc(-c2c(C)[nH]n3c(=O)c(Cc4ccc(Br)cc4)c(C)nc23)cc1. The highest BCUT2D eigenvalue weighted by Crippen LogP contribution is 2.28. The second kappa shape index (κ2) is 7.28. The number of methoxy groups -OCH3 is 1. The minimum atomic E-state index is -0.0618. The molecule has 0 saturated carbocycles. The Morgan fingerprint density at radius 1 is 1.07 bits per heavy atom. The van der Waals surface area contributed by atoms with Gasteiger partial charge in [-0.2, -0.15) is 0 Å². The third kappa shape index (κ3) is 3.24. The number of halogens is 1. The molecule has 0 amide bonds. The first-order valence-electron chi connectivity index (χ1n) is 8.97. The second-order valence-corrected chi connectivity index (χ2v) is 7.70. The number of aryl methyl sites for hydroxylation is 2. The molecule has 142 valence electrons. The van der Waals surface area contributed by atoms with E-state index in [-0.39, 0.29) is 5.56 Å². The lowest BCUT2D eigenvalue weighted by atomic mass is 10.0. The first-order chi connectivity index (χ1) is 13.5. The number of aromatic amines is 1. The molecule has 5 nitrogen and oxygen atoms in total. The first kappa shape index (κ1) is 18.5. The lowest BCUT2D eigenvalue weighted by Crippen LogP contribution is -2.22. The lowest BCUT2D eigenvalue weighted by molar-refractivity contribution is 0.415. The largest absolute Gasteiger partial charge is 0.497 e. The van der Waals surface area contributed by atoms with E-state index in [1.54, 1.807) is 11.6 Å². The van der Waals surface area contributed by atoms with Gasteiger partial charge < -0.3 is 4.74 Å². The fraction of sp³-hybridized carbons (Fsp3) is 0.182. The molecule has 0 spiro atoms. The number of hydrogen-bond acceptors (Lipinski definition) is 3. The predicted molar refractivity (Wildman–Crippen MR) is 114 cm³/mol. The van der Waals surface area contributed by atoms with E-state index in [1.807, 2.05) is 62.4 Å². The van der Waals surface area contributed by atoms with Gasteiger partial charge in [0.1, 0.15) is 5.75 Å². The Kier molecular flexibility index (Phi) is 4.81. The van der Waals surface area contributed by atoms with Crippen molar-refractivity contribution in [2.45, 2.75) is 20.3 Å². The number of aromatic nitrogens is 3. The summed E-state index contributed by atoms with van der Waals surface area (Å²) in [7, 11) is 1.64. The molecule has 0 radical (unpaired) electrons. The van der Waals surface area contributed by atoms with E-state index in [9.17, 15) is 4.79 Å². The molecule has 1 N–H and O–H groups in total. The van der Waals surface area contributed by atoms with Gasteiger partial charge in [-0.1, -0.05) is 40.2 Å². The quantitative estimate of drug-likeness (QED) is 0.504. The molecule has 0 fully saturated rings. The number of H-pyrrole nitrogens is 1. The molecule has 4 rings (SSSR count). The zero-order valence-corrected chi connectivity index (χ0v) is 17.5. The van der Waals surface area contributed by atoms with Crippen LogP contribution in [0, 0.1) is 13.8 Å². The zero-order chi connectivity index (χ0) is 19.8. The van der Waals surface area contributed by atoms with Gasteiger partial charge in [-0.25, -0.2) is 9.50 Å². The number of nitrogens with one attached hydrogen (secondary N) is 1. The third-order valence-corrected chi connectivity index (χ3v) is 5.46. The summed E-state index contributed by atoms with van der Waals surface area (Å²) in [5.74, 6) is 0.791. The van der Waals surface area contributed by atoms with Crippen LogP contribution in [-0.4, -0.2) is 21.7 Å². The number of benzene rings is 2. The highest BCUT2D eigenvalue weighted by atomic mass is 79.9. The second-order valence-electron chi connectivity index (χ2n) is 6.78. The van der Waals surface area contributed by atoms with E-state index >= 15 is 0 Å². The van der Waals surface area contributed by atoms with Crippen molar-refractivity contribution in [3.8, 4) is 16.9 Å². The molecule has 2 aromatic heterocycles. The van der Waals surface area contributed by atoms with Gasteiger partial charge in [-0.15, -0.1) is 0 Å². The minimum Gasteiger partial charge on any atom is -0.497 e. The Hall–Kier alpha value is -2.86. The van der Waals surface area contributed by atoms with Gasteiger partial charge in [0.15, 0.2) is 5.65 Å². The standard InChI is InChI=1S/C22H20BrN3O2/c1-13-19(12-15-4-8-17(23)9-5-15)22(27)26-21(24-13)20(14(2)25-26)16-6-10-18(28-3)11-7-16/h4-11,25H,12H2,1-3H3. The summed E-state index contributed by atoms with van der Waals surface area (Å²) in [4.78, 5) is 18.0. The van der Waals surface area contributed by atoms with E-state index in [0.717, 1.165) is 38.3 Å².